The van der Waals surface area contributed by atoms with E-state index in [9.17, 15) is 14.4 Å². The highest BCUT2D eigenvalue weighted by atomic mass is 16.4. The second kappa shape index (κ2) is 9.55. The molecule has 0 radical (unpaired) electrons. The topological polar surface area (TPSA) is 95.5 Å². The third kappa shape index (κ3) is 6.39. The largest absolute Gasteiger partial charge is 0.478 e. The van der Waals surface area contributed by atoms with E-state index in [1.54, 1.807) is 12.1 Å². The average Bonchev–Trinajstić information content (AvgIpc) is 2.47. The van der Waals surface area contributed by atoms with Crippen molar-refractivity contribution in [2.75, 3.05) is 11.9 Å². The molecule has 0 aliphatic carbocycles. The van der Waals surface area contributed by atoms with Crippen LogP contribution in [-0.2, 0) is 9.59 Å². The Morgan fingerprint density at radius 2 is 1.77 bits per heavy atom. The van der Waals surface area contributed by atoms with Crippen LogP contribution in [0.5, 0.6) is 0 Å². The highest BCUT2D eigenvalue weighted by Crippen LogP contribution is 2.14. The molecule has 0 aromatic heterocycles. The first-order valence-electron chi connectivity index (χ1n) is 7.43. The fraction of sp³-hybridized carbons (Fsp3) is 0.438. The van der Waals surface area contributed by atoms with Gasteiger partial charge in [-0.05, 0) is 18.6 Å². The van der Waals surface area contributed by atoms with E-state index in [0.717, 1.165) is 25.7 Å². The van der Waals surface area contributed by atoms with Gasteiger partial charge in [0.2, 0.25) is 11.8 Å². The van der Waals surface area contributed by atoms with Crippen LogP contribution in [0.2, 0.25) is 0 Å². The van der Waals surface area contributed by atoms with Crippen molar-refractivity contribution >= 4 is 23.5 Å². The van der Waals surface area contributed by atoms with E-state index in [2.05, 4.69) is 17.6 Å². The summed E-state index contributed by atoms with van der Waals surface area (Å²) in [5.74, 6) is -2.02. The van der Waals surface area contributed by atoms with Gasteiger partial charge < -0.3 is 15.7 Å². The van der Waals surface area contributed by atoms with E-state index in [-0.39, 0.29) is 23.6 Å². The summed E-state index contributed by atoms with van der Waals surface area (Å²) in [5, 5.41) is 14.1. The Labute approximate surface area is 129 Å². The molecule has 0 bridgehead atoms. The minimum absolute atomic E-state index is 0.00387. The molecule has 1 aromatic carbocycles. The molecule has 0 heterocycles. The summed E-state index contributed by atoms with van der Waals surface area (Å²) in [6.07, 6.45) is 3.88. The number of unbranched alkanes of at least 4 members (excludes halogenated alkanes) is 3. The second-order valence-electron chi connectivity index (χ2n) is 4.99. The van der Waals surface area contributed by atoms with Crippen LogP contribution < -0.4 is 10.6 Å². The molecule has 0 fully saturated rings. The van der Waals surface area contributed by atoms with E-state index < -0.39 is 11.9 Å². The maximum atomic E-state index is 11.8. The van der Waals surface area contributed by atoms with E-state index in [1.807, 2.05) is 0 Å². The van der Waals surface area contributed by atoms with Gasteiger partial charge in [-0.3, -0.25) is 9.59 Å². The number of aromatic carboxylic acids is 1. The first-order valence-corrected chi connectivity index (χ1v) is 7.43. The molecule has 6 heteroatoms. The Kier molecular flexibility index (Phi) is 7.67. The molecular weight excluding hydrogens is 284 g/mol. The number of rotatable bonds is 9. The van der Waals surface area contributed by atoms with Gasteiger partial charge in [-0.15, -0.1) is 0 Å². The molecule has 1 aromatic rings. The molecule has 3 N–H and O–H groups in total. The van der Waals surface area contributed by atoms with E-state index in [4.69, 9.17) is 5.11 Å². The van der Waals surface area contributed by atoms with Gasteiger partial charge >= 0.3 is 5.97 Å². The van der Waals surface area contributed by atoms with Crippen LogP contribution in [0.25, 0.3) is 0 Å². The maximum absolute atomic E-state index is 11.8. The number of anilines is 1. The van der Waals surface area contributed by atoms with Crippen LogP contribution in [0.1, 0.15) is 49.4 Å². The number of amides is 2. The number of nitrogens with one attached hydrogen (secondary N) is 2. The van der Waals surface area contributed by atoms with Crippen molar-refractivity contribution in [3.63, 3.8) is 0 Å². The van der Waals surface area contributed by atoms with Gasteiger partial charge in [0.1, 0.15) is 6.42 Å². The molecule has 0 aliphatic heterocycles. The fourth-order valence-electron chi connectivity index (χ4n) is 1.96. The fourth-order valence-corrected chi connectivity index (χ4v) is 1.96. The number of hydrogen-bond donors (Lipinski definition) is 3. The molecule has 2 amide bonds. The zero-order valence-corrected chi connectivity index (χ0v) is 12.7. The second-order valence-corrected chi connectivity index (χ2v) is 4.99. The Morgan fingerprint density at radius 3 is 2.45 bits per heavy atom. The molecule has 0 aliphatic rings. The Balaban J connectivity index is 2.40. The quantitative estimate of drug-likeness (QED) is 0.482. The maximum Gasteiger partial charge on any atom is 0.337 e. The van der Waals surface area contributed by atoms with Crippen LogP contribution in [-0.4, -0.2) is 29.4 Å². The van der Waals surface area contributed by atoms with Crippen LogP contribution in [0.15, 0.2) is 24.3 Å². The number of carbonyl (C=O) groups is 3. The molecule has 0 saturated heterocycles. The third-order valence-electron chi connectivity index (χ3n) is 3.11. The number of hydrogen-bond acceptors (Lipinski definition) is 3. The first-order chi connectivity index (χ1) is 10.5. The van der Waals surface area contributed by atoms with Crippen molar-refractivity contribution in [1.82, 2.24) is 5.32 Å². The molecule has 0 unspecified atom stereocenters. The van der Waals surface area contributed by atoms with Crippen LogP contribution >= 0.6 is 0 Å². The summed E-state index contributed by atoms with van der Waals surface area (Å²) in [6.45, 7) is 2.66. The van der Waals surface area contributed by atoms with Crippen molar-refractivity contribution in [1.29, 1.82) is 0 Å². The molecule has 1 rings (SSSR count). The summed E-state index contributed by atoms with van der Waals surface area (Å²) in [7, 11) is 0. The lowest BCUT2D eigenvalue weighted by Crippen LogP contribution is -2.29. The summed E-state index contributed by atoms with van der Waals surface area (Å²) in [6, 6.07) is 6.08. The van der Waals surface area contributed by atoms with Gasteiger partial charge in [0.05, 0.1) is 11.3 Å². The molecule has 22 heavy (non-hydrogen) atoms. The third-order valence-corrected chi connectivity index (χ3v) is 3.11. The van der Waals surface area contributed by atoms with Gasteiger partial charge in [0.15, 0.2) is 0 Å². The van der Waals surface area contributed by atoms with Crippen LogP contribution in [0.3, 0.4) is 0 Å². The molecular formula is C16H22N2O4. The van der Waals surface area contributed by atoms with E-state index in [0.29, 0.717) is 6.54 Å². The van der Waals surface area contributed by atoms with Crippen molar-refractivity contribution < 1.29 is 19.5 Å². The minimum atomic E-state index is -1.13. The predicted molar refractivity (Wildman–Crippen MR) is 83.8 cm³/mol. The minimum Gasteiger partial charge on any atom is -0.478 e. The first kappa shape index (κ1) is 17.7. The molecule has 120 valence electrons. The number of carbonyl (C=O) groups excluding carboxylic acids is 2. The Bertz CT molecular complexity index is 529. The van der Waals surface area contributed by atoms with Crippen molar-refractivity contribution in [3.8, 4) is 0 Å². The summed E-state index contributed by atoms with van der Waals surface area (Å²) in [4.78, 5) is 34.4. The highest BCUT2D eigenvalue weighted by Gasteiger charge is 2.13. The number of carboxylic acids is 1. The number of para-hydroxylation sites is 1. The van der Waals surface area contributed by atoms with E-state index in [1.165, 1.54) is 12.1 Å². The Hall–Kier alpha value is -2.37. The van der Waals surface area contributed by atoms with Crippen molar-refractivity contribution in [2.45, 2.75) is 39.0 Å². The lowest BCUT2D eigenvalue weighted by molar-refractivity contribution is -0.126. The monoisotopic (exact) mass is 306 g/mol. The predicted octanol–water partition coefficient (Wildman–Crippen LogP) is 2.41. The van der Waals surface area contributed by atoms with Gasteiger partial charge in [-0.1, -0.05) is 38.3 Å². The SMILES string of the molecule is CCCCCCNC(=O)CC(=O)Nc1ccccc1C(=O)O. The zero-order valence-electron chi connectivity index (χ0n) is 12.7. The van der Waals surface area contributed by atoms with Gasteiger partial charge in [0.25, 0.3) is 0 Å². The summed E-state index contributed by atoms with van der Waals surface area (Å²) < 4.78 is 0. The Morgan fingerprint density at radius 1 is 1.05 bits per heavy atom. The number of carboxylic acid groups (broad SMARTS) is 1. The van der Waals surface area contributed by atoms with Crippen molar-refractivity contribution in [2.24, 2.45) is 0 Å². The van der Waals surface area contributed by atoms with Crippen LogP contribution in [0.4, 0.5) is 5.69 Å². The smallest absolute Gasteiger partial charge is 0.337 e. The normalized spacial score (nSPS) is 10.0. The zero-order chi connectivity index (χ0) is 16.4. The standard InChI is InChI=1S/C16H22N2O4/c1-2-3-4-7-10-17-14(19)11-15(20)18-13-9-6-5-8-12(13)16(21)22/h5-6,8-9H,2-4,7,10-11H2,1H3,(H,17,19)(H,18,20)(H,21,22). The molecule has 6 nitrogen and oxygen atoms in total. The van der Waals surface area contributed by atoms with Gasteiger partial charge in [0, 0.05) is 6.54 Å². The molecule has 0 saturated carbocycles. The molecule has 0 atom stereocenters. The summed E-state index contributed by atoms with van der Waals surface area (Å²) >= 11 is 0. The number of benzene rings is 1. The lowest BCUT2D eigenvalue weighted by atomic mass is 10.1. The van der Waals surface area contributed by atoms with Gasteiger partial charge in [-0.25, -0.2) is 4.79 Å². The lowest BCUT2D eigenvalue weighted by Gasteiger charge is -2.08. The average molecular weight is 306 g/mol. The van der Waals surface area contributed by atoms with E-state index >= 15 is 0 Å². The summed E-state index contributed by atoms with van der Waals surface area (Å²) in [5.41, 5.74) is 0.187. The van der Waals surface area contributed by atoms with Crippen molar-refractivity contribution in [3.05, 3.63) is 29.8 Å². The van der Waals surface area contributed by atoms with Gasteiger partial charge in [-0.2, -0.15) is 0 Å². The molecule has 0 spiro atoms. The van der Waals surface area contributed by atoms with Crippen LogP contribution in [0, 0.1) is 0 Å². The highest BCUT2D eigenvalue weighted by molar-refractivity contribution is 6.06.